The quantitative estimate of drug-likeness (QED) is 0.693. The number of hydrogen-bond donors (Lipinski definition) is 1. The second-order valence-electron chi connectivity index (χ2n) is 6.37. The van der Waals surface area contributed by atoms with Crippen LogP contribution < -0.4 is 18.9 Å². The third kappa shape index (κ3) is 3.70. The van der Waals surface area contributed by atoms with Crippen LogP contribution in [0.25, 0.3) is 5.57 Å². The Morgan fingerprint density at radius 2 is 1.50 bits per heavy atom. The molecule has 0 fully saturated rings. The van der Waals surface area contributed by atoms with Gasteiger partial charge in [-0.1, -0.05) is 6.07 Å². The second kappa shape index (κ2) is 8.63. The van der Waals surface area contributed by atoms with E-state index in [1.54, 1.807) is 34.6 Å². The molecule has 0 radical (unpaired) electrons. The predicted molar refractivity (Wildman–Crippen MR) is 108 cm³/mol. The Bertz CT molecular complexity index is 883. The lowest BCUT2D eigenvalue weighted by molar-refractivity contribution is -0.0818. The van der Waals surface area contributed by atoms with Crippen molar-refractivity contribution in [2.75, 3.05) is 34.3 Å². The van der Waals surface area contributed by atoms with Crippen molar-refractivity contribution < 1.29 is 24.2 Å². The number of hydroxylamine groups is 2. The van der Waals surface area contributed by atoms with Crippen LogP contribution in [0.15, 0.2) is 36.5 Å². The van der Waals surface area contributed by atoms with Crippen LogP contribution in [0.3, 0.4) is 0 Å². The van der Waals surface area contributed by atoms with Crippen LogP contribution in [0.4, 0.5) is 0 Å². The number of alkyl halides is 1. The van der Waals surface area contributed by atoms with Gasteiger partial charge in [-0.15, -0.1) is 11.6 Å². The molecule has 28 heavy (non-hydrogen) atoms. The van der Waals surface area contributed by atoms with Gasteiger partial charge in [-0.3, -0.25) is 10.3 Å². The predicted octanol–water partition coefficient (Wildman–Crippen LogP) is 4.29. The van der Waals surface area contributed by atoms with E-state index < -0.39 is 0 Å². The van der Waals surface area contributed by atoms with Crippen molar-refractivity contribution >= 4 is 17.2 Å². The maximum atomic E-state index is 10.7. The summed E-state index contributed by atoms with van der Waals surface area (Å²) in [5.41, 5.74) is 3.64. The Morgan fingerprint density at radius 1 is 0.893 bits per heavy atom. The van der Waals surface area contributed by atoms with Gasteiger partial charge in [-0.2, -0.15) is 0 Å². The number of ether oxygens (including phenoxy) is 4. The number of rotatable bonds is 7. The summed E-state index contributed by atoms with van der Waals surface area (Å²) in [6, 6.07) is 9.19. The highest BCUT2D eigenvalue weighted by molar-refractivity contribution is 6.23. The zero-order valence-corrected chi connectivity index (χ0v) is 17.1. The first-order valence-corrected chi connectivity index (χ1v) is 9.30. The zero-order chi connectivity index (χ0) is 20.3. The summed E-state index contributed by atoms with van der Waals surface area (Å²) in [5, 5.41) is 11.9. The van der Waals surface area contributed by atoms with Crippen molar-refractivity contribution in [3.63, 3.8) is 0 Å². The number of fused-ring (bicyclic) bond motifs is 1. The molecule has 0 spiro atoms. The topological polar surface area (TPSA) is 60.4 Å². The molecule has 150 valence electrons. The molecule has 0 aromatic heterocycles. The van der Waals surface area contributed by atoms with Crippen LogP contribution in [-0.2, 0) is 6.42 Å². The average molecular weight is 406 g/mol. The molecule has 7 heteroatoms. The van der Waals surface area contributed by atoms with E-state index in [1.807, 2.05) is 30.3 Å². The Hall–Kier alpha value is -2.57. The highest BCUT2D eigenvalue weighted by Crippen LogP contribution is 2.42. The smallest absolute Gasteiger partial charge is 0.161 e. The molecule has 0 saturated heterocycles. The van der Waals surface area contributed by atoms with E-state index >= 15 is 0 Å². The fourth-order valence-corrected chi connectivity index (χ4v) is 3.66. The van der Waals surface area contributed by atoms with Crippen LogP contribution >= 0.6 is 11.6 Å². The normalized spacial score (nSPS) is 15.6. The van der Waals surface area contributed by atoms with E-state index in [2.05, 4.69) is 0 Å². The molecular weight excluding hydrogens is 382 g/mol. The third-order valence-corrected chi connectivity index (χ3v) is 5.18. The largest absolute Gasteiger partial charge is 0.493 e. The van der Waals surface area contributed by atoms with Gasteiger partial charge in [-0.25, -0.2) is 0 Å². The number of nitrogens with zero attached hydrogens (tertiary/aromatic N) is 1. The summed E-state index contributed by atoms with van der Waals surface area (Å²) in [7, 11) is 6.38. The van der Waals surface area contributed by atoms with Gasteiger partial charge in [0.15, 0.2) is 23.0 Å². The summed E-state index contributed by atoms with van der Waals surface area (Å²) in [4.78, 5) is 0. The molecule has 1 aliphatic heterocycles. The van der Waals surface area contributed by atoms with Gasteiger partial charge in [0.25, 0.3) is 0 Å². The minimum absolute atomic E-state index is 0.266. The number of methoxy groups -OCH3 is 4. The van der Waals surface area contributed by atoms with Crippen LogP contribution in [0, 0.1) is 0 Å². The SMILES string of the molecule is COc1ccc(CC2c3cc(OC)c(OC)cc3C(CCl)=CN2O)cc1OC. The van der Waals surface area contributed by atoms with Crippen molar-refractivity contribution in [1.82, 2.24) is 5.06 Å². The highest BCUT2D eigenvalue weighted by Gasteiger charge is 2.29. The first-order valence-electron chi connectivity index (χ1n) is 8.77. The van der Waals surface area contributed by atoms with Crippen LogP contribution in [0.1, 0.15) is 22.7 Å². The Kier molecular flexibility index (Phi) is 6.21. The molecule has 1 aliphatic rings. The van der Waals surface area contributed by atoms with Gasteiger partial charge in [0.1, 0.15) is 0 Å². The highest BCUT2D eigenvalue weighted by atomic mass is 35.5. The van der Waals surface area contributed by atoms with E-state index in [4.69, 9.17) is 30.5 Å². The van der Waals surface area contributed by atoms with E-state index in [1.165, 1.54) is 5.06 Å². The monoisotopic (exact) mass is 405 g/mol. The van der Waals surface area contributed by atoms with E-state index in [9.17, 15) is 5.21 Å². The lowest BCUT2D eigenvalue weighted by Gasteiger charge is -2.33. The standard InChI is InChI=1S/C21H24ClNO5/c1-25-18-6-5-13(8-19(18)26-2)7-17-16-10-21(28-4)20(27-3)9-15(16)14(11-22)12-23(17)24/h5-6,8-10,12,17,24H,7,11H2,1-4H3. The first kappa shape index (κ1) is 20.2. The molecule has 0 saturated carbocycles. The molecule has 1 N–H and O–H groups in total. The number of halogens is 1. The molecule has 2 aromatic rings. The molecule has 0 aliphatic carbocycles. The van der Waals surface area contributed by atoms with E-state index in [0.29, 0.717) is 29.4 Å². The molecule has 1 atom stereocenters. The Labute approximate surface area is 169 Å². The Balaban J connectivity index is 2.04. The maximum Gasteiger partial charge on any atom is 0.161 e. The van der Waals surface area contributed by atoms with Gasteiger partial charge in [-0.05, 0) is 52.9 Å². The summed E-state index contributed by atoms with van der Waals surface area (Å²) < 4.78 is 21.6. The molecule has 1 unspecified atom stereocenters. The minimum atomic E-state index is -0.320. The van der Waals surface area contributed by atoms with Gasteiger partial charge >= 0.3 is 0 Å². The average Bonchev–Trinajstić information content (AvgIpc) is 2.74. The van der Waals surface area contributed by atoms with Crippen molar-refractivity contribution in [3.8, 4) is 23.0 Å². The van der Waals surface area contributed by atoms with Crippen LogP contribution in [-0.4, -0.2) is 44.6 Å². The summed E-state index contributed by atoms with van der Waals surface area (Å²) in [6.07, 6.45) is 2.21. The summed E-state index contributed by atoms with van der Waals surface area (Å²) in [5.74, 6) is 2.79. The van der Waals surface area contributed by atoms with Gasteiger partial charge in [0, 0.05) is 12.1 Å². The second-order valence-corrected chi connectivity index (χ2v) is 6.64. The first-order chi connectivity index (χ1) is 13.6. The number of benzene rings is 2. The molecule has 2 aromatic carbocycles. The fraction of sp³-hybridized carbons (Fsp3) is 0.333. The van der Waals surface area contributed by atoms with Crippen molar-refractivity contribution in [2.45, 2.75) is 12.5 Å². The van der Waals surface area contributed by atoms with E-state index in [-0.39, 0.29) is 11.9 Å². The molecule has 0 amide bonds. The fourth-order valence-electron chi connectivity index (χ4n) is 3.45. The zero-order valence-electron chi connectivity index (χ0n) is 16.4. The number of allylic oxidation sites excluding steroid dienone is 1. The van der Waals surface area contributed by atoms with Crippen molar-refractivity contribution in [1.29, 1.82) is 0 Å². The molecule has 0 bridgehead atoms. The number of hydrogen-bond acceptors (Lipinski definition) is 6. The molecular formula is C21H24ClNO5. The molecule has 1 heterocycles. The van der Waals surface area contributed by atoms with E-state index in [0.717, 1.165) is 22.3 Å². The van der Waals surface area contributed by atoms with Crippen LogP contribution in [0.2, 0.25) is 0 Å². The Morgan fingerprint density at radius 3 is 2.11 bits per heavy atom. The van der Waals surface area contributed by atoms with Crippen molar-refractivity contribution in [3.05, 3.63) is 53.2 Å². The summed E-state index contributed by atoms with van der Waals surface area (Å²) >= 11 is 6.11. The van der Waals surface area contributed by atoms with Gasteiger partial charge < -0.3 is 18.9 Å². The van der Waals surface area contributed by atoms with Crippen LogP contribution in [0.5, 0.6) is 23.0 Å². The van der Waals surface area contributed by atoms with Gasteiger partial charge in [0.2, 0.25) is 0 Å². The molecule has 6 nitrogen and oxygen atoms in total. The minimum Gasteiger partial charge on any atom is -0.493 e. The lowest BCUT2D eigenvalue weighted by Crippen LogP contribution is -2.27. The summed E-state index contributed by atoms with van der Waals surface area (Å²) in [6.45, 7) is 0. The molecule has 3 rings (SSSR count). The van der Waals surface area contributed by atoms with Crippen molar-refractivity contribution in [2.24, 2.45) is 0 Å². The van der Waals surface area contributed by atoms with Gasteiger partial charge in [0.05, 0.1) is 34.5 Å². The third-order valence-electron chi connectivity index (χ3n) is 4.89. The maximum absolute atomic E-state index is 10.7. The lowest BCUT2D eigenvalue weighted by atomic mass is 9.88.